The van der Waals surface area contributed by atoms with Crippen molar-refractivity contribution >= 4 is 0 Å². The van der Waals surface area contributed by atoms with E-state index in [0.717, 1.165) is 17.6 Å². The fourth-order valence-corrected chi connectivity index (χ4v) is 0.774. The van der Waals surface area contributed by atoms with Gasteiger partial charge in [0.15, 0.2) is 0 Å². The summed E-state index contributed by atoms with van der Waals surface area (Å²) in [5.74, 6) is 0. The number of likely N-dealkylation sites (N-methyl/N-ethyl adjacent to an activating group) is 1. The normalized spacial score (nSPS) is 10.9. The van der Waals surface area contributed by atoms with E-state index in [9.17, 15) is 0 Å². The molecule has 0 amide bonds. The standard InChI is InChI=1S/C8H16N.H/c1-5-7-9(3,4)8-6-2;/h5-6H,1-2,7-8H2,3-4H3;/q+1;. The minimum atomic E-state index is 0. The van der Waals surface area contributed by atoms with Crippen LogP contribution in [0.5, 0.6) is 0 Å². The third-order valence-corrected chi connectivity index (χ3v) is 1.25. The molecule has 0 aromatic heterocycles. The average molecular weight is 127 g/mol. The minimum Gasteiger partial charge on any atom is -0.322 e. The van der Waals surface area contributed by atoms with Gasteiger partial charge in [0.2, 0.25) is 0 Å². The minimum absolute atomic E-state index is 0. The highest BCUT2D eigenvalue weighted by molar-refractivity contribution is 4.69. The first-order chi connectivity index (χ1) is 4.12. The summed E-state index contributed by atoms with van der Waals surface area (Å²) in [7, 11) is 4.31. The highest BCUT2D eigenvalue weighted by atomic mass is 15.3. The van der Waals surface area contributed by atoms with Crippen molar-refractivity contribution in [3.05, 3.63) is 25.3 Å². The molecule has 0 aromatic rings. The average Bonchev–Trinajstić information content (AvgIpc) is 1.64. The molecule has 0 N–H and O–H groups in total. The second-order valence-corrected chi connectivity index (χ2v) is 2.88. The van der Waals surface area contributed by atoms with Gasteiger partial charge in [0, 0.05) is 1.43 Å². The van der Waals surface area contributed by atoms with Crippen LogP contribution in [0.3, 0.4) is 0 Å². The predicted octanol–water partition coefficient (Wildman–Crippen LogP) is 1.55. The fraction of sp³-hybridized carbons (Fsp3) is 0.500. The zero-order valence-corrected chi connectivity index (χ0v) is 6.43. The lowest BCUT2D eigenvalue weighted by atomic mass is 10.4. The first-order valence-corrected chi connectivity index (χ1v) is 3.16. The van der Waals surface area contributed by atoms with Gasteiger partial charge in [0.25, 0.3) is 0 Å². The van der Waals surface area contributed by atoms with Gasteiger partial charge in [-0.2, -0.15) is 0 Å². The lowest BCUT2D eigenvalue weighted by Crippen LogP contribution is -2.39. The van der Waals surface area contributed by atoms with Gasteiger partial charge < -0.3 is 4.48 Å². The highest BCUT2D eigenvalue weighted by Gasteiger charge is 2.07. The number of quaternary nitrogens is 1. The molecule has 0 atom stereocenters. The molecule has 1 heteroatoms. The van der Waals surface area contributed by atoms with Gasteiger partial charge in [-0.15, -0.1) is 0 Å². The Morgan fingerprint density at radius 3 is 1.78 bits per heavy atom. The lowest BCUT2D eigenvalue weighted by Gasteiger charge is -2.26. The van der Waals surface area contributed by atoms with E-state index in [4.69, 9.17) is 0 Å². The van der Waals surface area contributed by atoms with E-state index in [2.05, 4.69) is 27.3 Å². The van der Waals surface area contributed by atoms with Crippen LogP contribution in [0.15, 0.2) is 25.3 Å². The van der Waals surface area contributed by atoms with Crippen LogP contribution in [0.25, 0.3) is 0 Å². The van der Waals surface area contributed by atoms with Crippen LogP contribution in [0, 0.1) is 0 Å². The second kappa shape index (κ2) is 3.46. The molecule has 0 aliphatic carbocycles. The van der Waals surface area contributed by atoms with Crippen molar-refractivity contribution in [3.63, 3.8) is 0 Å². The van der Waals surface area contributed by atoms with Gasteiger partial charge in [-0.3, -0.25) is 0 Å². The van der Waals surface area contributed by atoms with E-state index in [-0.39, 0.29) is 1.43 Å². The Hall–Kier alpha value is -0.560. The molecule has 0 aromatic carbocycles. The number of hydrogen-bond acceptors (Lipinski definition) is 0. The number of rotatable bonds is 4. The van der Waals surface area contributed by atoms with Crippen molar-refractivity contribution in [2.24, 2.45) is 0 Å². The number of nitrogens with zero attached hydrogens (tertiary/aromatic N) is 1. The quantitative estimate of drug-likeness (QED) is 0.397. The topological polar surface area (TPSA) is 0 Å². The third-order valence-electron chi connectivity index (χ3n) is 1.25. The maximum absolute atomic E-state index is 3.68. The summed E-state index contributed by atoms with van der Waals surface area (Å²) in [6, 6.07) is 0. The van der Waals surface area contributed by atoms with Crippen LogP contribution >= 0.6 is 0 Å². The van der Waals surface area contributed by atoms with E-state index < -0.39 is 0 Å². The maximum atomic E-state index is 3.68. The Labute approximate surface area is 59.4 Å². The van der Waals surface area contributed by atoms with Crippen LogP contribution in [-0.4, -0.2) is 31.7 Å². The van der Waals surface area contributed by atoms with Gasteiger partial charge in [0.05, 0.1) is 27.2 Å². The predicted molar refractivity (Wildman–Crippen MR) is 43.3 cm³/mol. The van der Waals surface area contributed by atoms with Gasteiger partial charge >= 0.3 is 0 Å². The molecule has 9 heavy (non-hydrogen) atoms. The Morgan fingerprint density at radius 2 is 1.56 bits per heavy atom. The van der Waals surface area contributed by atoms with Crippen molar-refractivity contribution in [3.8, 4) is 0 Å². The number of hydrogen-bond donors (Lipinski definition) is 0. The first-order valence-electron chi connectivity index (χ1n) is 3.16. The van der Waals surface area contributed by atoms with Crippen LogP contribution < -0.4 is 0 Å². The van der Waals surface area contributed by atoms with E-state index >= 15 is 0 Å². The molecule has 1 nitrogen and oxygen atoms in total. The van der Waals surface area contributed by atoms with E-state index in [1.54, 1.807) is 0 Å². The van der Waals surface area contributed by atoms with Crippen LogP contribution in [0.2, 0.25) is 0 Å². The Bertz CT molecular complexity index is 95.8. The zero-order chi connectivity index (χ0) is 7.33. The molecule has 0 spiro atoms. The summed E-state index contributed by atoms with van der Waals surface area (Å²) in [6.45, 7) is 9.37. The maximum Gasteiger partial charge on any atom is 0.0969 e. The van der Waals surface area contributed by atoms with Gasteiger partial charge in [-0.05, 0) is 12.2 Å². The van der Waals surface area contributed by atoms with Crippen molar-refractivity contribution < 1.29 is 5.91 Å². The molecule has 0 aliphatic rings. The molecule has 0 heterocycles. The van der Waals surface area contributed by atoms with Gasteiger partial charge in [0.1, 0.15) is 0 Å². The highest BCUT2D eigenvalue weighted by Crippen LogP contribution is 1.95. The summed E-state index contributed by atoms with van der Waals surface area (Å²) in [4.78, 5) is 0. The Balaban J connectivity index is 0. The Morgan fingerprint density at radius 1 is 1.22 bits per heavy atom. The molecular formula is C8H17N+. The molecule has 1 radical (unpaired) electrons. The molecule has 0 bridgehead atoms. The summed E-state index contributed by atoms with van der Waals surface area (Å²) < 4.78 is 0.951. The summed E-state index contributed by atoms with van der Waals surface area (Å²) >= 11 is 0. The third kappa shape index (κ3) is 3.98. The summed E-state index contributed by atoms with van der Waals surface area (Å²) in [5.41, 5.74) is 0. The van der Waals surface area contributed by atoms with Crippen molar-refractivity contribution in [2.75, 3.05) is 27.2 Å². The van der Waals surface area contributed by atoms with Crippen molar-refractivity contribution in [1.82, 2.24) is 0 Å². The summed E-state index contributed by atoms with van der Waals surface area (Å²) in [5, 5.41) is 0. The molecule has 53 valence electrons. The van der Waals surface area contributed by atoms with Crippen LogP contribution in [0.4, 0.5) is 0 Å². The fourth-order valence-electron chi connectivity index (χ4n) is 0.774. The molecule has 0 aliphatic heterocycles. The summed E-state index contributed by atoms with van der Waals surface area (Å²) in [6.07, 6.45) is 3.87. The molecule has 0 saturated carbocycles. The molecule has 0 fully saturated rings. The van der Waals surface area contributed by atoms with Crippen molar-refractivity contribution in [1.29, 1.82) is 0 Å². The SMILES string of the molecule is C=CC[N+](C)(C)CC=C.[H]. The molecule has 0 saturated heterocycles. The Kier molecular flexibility index (Phi) is 3.25. The van der Waals surface area contributed by atoms with E-state index in [1.807, 2.05) is 12.2 Å². The second-order valence-electron chi connectivity index (χ2n) is 2.88. The molecule has 0 rings (SSSR count). The first kappa shape index (κ1) is 8.44. The van der Waals surface area contributed by atoms with E-state index in [1.165, 1.54) is 0 Å². The van der Waals surface area contributed by atoms with Crippen LogP contribution in [-0.2, 0) is 0 Å². The van der Waals surface area contributed by atoms with Gasteiger partial charge in [-0.25, -0.2) is 0 Å². The van der Waals surface area contributed by atoms with Crippen LogP contribution in [0.1, 0.15) is 1.43 Å². The smallest absolute Gasteiger partial charge is 0.0969 e. The zero-order valence-electron chi connectivity index (χ0n) is 7.43. The largest absolute Gasteiger partial charge is 0.322 e. The lowest BCUT2D eigenvalue weighted by molar-refractivity contribution is -0.878. The monoisotopic (exact) mass is 127 g/mol. The van der Waals surface area contributed by atoms with E-state index in [0.29, 0.717) is 0 Å². The molecular weight excluding hydrogens is 110 g/mol. The van der Waals surface area contributed by atoms with Gasteiger partial charge in [-0.1, -0.05) is 13.2 Å². The van der Waals surface area contributed by atoms with Crippen molar-refractivity contribution in [2.45, 2.75) is 0 Å². The molecule has 0 unspecified atom stereocenters.